The molecule has 0 unspecified atom stereocenters. The van der Waals surface area contributed by atoms with Gasteiger partial charge in [-0.2, -0.15) is 0 Å². The van der Waals surface area contributed by atoms with Crippen LogP contribution in [0.25, 0.3) is 0 Å². The van der Waals surface area contributed by atoms with Crippen LogP contribution < -0.4 is 5.32 Å². The summed E-state index contributed by atoms with van der Waals surface area (Å²) in [6, 6.07) is 13.1. The number of halogens is 1. The molecule has 0 amide bonds. The number of hydrogen-bond acceptors (Lipinski definition) is 4. The minimum Gasteiger partial charge on any atom is -0.311 e. The van der Waals surface area contributed by atoms with Crippen molar-refractivity contribution in [3.63, 3.8) is 0 Å². The largest absolute Gasteiger partial charge is 0.311 e. The quantitative estimate of drug-likeness (QED) is 0.876. The Hall–Kier alpha value is -1.46. The molecule has 2 aliphatic heterocycles. The molecule has 1 aromatic carbocycles. The molecular formula is C21H27ClN4. The molecule has 0 spiro atoms. The summed E-state index contributed by atoms with van der Waals surface area (Å²) in [6.45, 7) is 7.80. The number of fused-ring (bicyclic) bond motifs is 1. The van der Waals surface area contributed by atoms with Crippen molar-refractivity contribution in [2.75, 3.05) is 39.3 Å². The standard InChI is InChI=1S/C21H27ClN4/c22-19-5-3-17(4-6-19)14-20-16-26(11-9-23-20)13-12-25-10-7-21-18(15-25)2-1-8-24-21/h1-6,8,20,23H,7,9-16H2/t20-/m1/s1. The summed E-state index contributed by atoms with van der Waals surface area (Å²) in [5.41, 5.74) is 4.04. The summed E-state index contributed by atoms with van der Waals surface area (Å²) in [5.74, 6) is 0. The first kappa shape index (κ1) is 17.9. The van der Waals surface area contributed by atoms with Crippen molar-refractivity contribution in [1.29, 1.82) is 0 Å². The predicted octanol–water partition coefficient (Wildman–Crippen LogP) is 2.61. The van der Waals surface area contributed by atoms with E-state index in [0.29, 0.717) is 6.04 Å². The highest BCUT2D eigenvalue weighted by atomic mass is 35.5. The van der Waals surface area contributed by atoms with E-state index in [1.54, 1.807) is 0 Å². The lowest BCUT2D eigenvalue weighted by Gasteiger charge is -2.36. The molecule has 2 aromatic rings. The van der Waals surface area contributed by atoms with Crippen molar-refractivity contribution in [2.45, 2.75) is 25.4 Å². The Morgan fingerprint density at radius 3 is 2.81 bits per heavy atom. The van der Waals surface area contributed by atoms with Crippen molar-refractivity contribution in [2.24, 2.45) is 0 Å². The fourth-order valence-electron chi connectivity index (χ4n) is 4.04. The van der Waals surface area contributed by atoms with E-state index in [0.717, 1.165) is 63.7 Å². The number of pyridine rings is 1. The maximum atomic E-state index is 5.99. The number of piperazine rings is 1. The minimum atomic E-state index is 0.524. The summed E-state index contributed by atoms with van der Waals surface area (Å²) in [5, 5.41) is 4.48. The van der Waals surface area contributed by atoms with Gasteiger partial charge in [0.1, 0.15) is 0 Å². The van der Waals surface area contributed by atoms with Gasteiger partial charge in [0.2, 0.25) is 0 Å². The second kappa shape index (κ2) is 8.49. The maximum Gasteiger partial charge on any atom is 0.0461 e. The van der Waals surface area contributed by atoms with Crippen LogP contribution >= 0.6 is 11.6 Å². The molecule has 1 saturated heterocycles. The number of aromatic nitrogens is 1. The summed E-state index contributed by atoms with van der Waals surface area (Å²) >= 11 is 5.99. The molecule has 2 aliphatic rings. The van der Waals surface area contributed by atoms with Gasteiger partial charge < -0.3 is 5.32 Å². The van der Waals surface area contributed by atoms with Crippen molar-refractivity contribution in [3.05, 3.63) is 64.4 Å². The molecule has 4 nitrogen and oxygen atoms in total. The van der Waals surface area contributed by atoms with Crippen LogP contribution in [0.3, 0.4) is 0 Å². The van der Waals surface area contributed by atoms with Gasteiger partial charge in [-0.3, -0.25) is 14.8 Å². The fourth-order valence-corrected chi connectivity index (χ4v) is 4.16. The average molecular weight is 371 g/mol. The highest BCUT2D eigenvalue weighted by Crippen LogP contribution is 2.16. The highest BCUT2D eigenvalue weighted by molar-refractivity contribution is 6.30. The van der Waals surface area contributed by atoms with Gasteiger partial charge in [-0.25, -0.2) is 0 Å². The second-order valence-corrected chi connectivity index (χ2v) is 7.85. The Bertz CT molecular complexity index is 718. The minimum absolute atomic E-state index is 0.524. The maximum absolute atomic E-state index is 5.99. The van der Waals surface area contributed by atoms with Crippen LogP contribution in [-0.4, -0.2) is 60.1 Å². The van der Waals surface area contributed by atoms with Gasteiger partial charge in [-0.05, 0) is 35.7 Å². The third-order valence-electron chi connectivity index (χ3n) is 5.51. The molecular weight excluding hydrogens is 344 g/mol. The van der Waals surface area contributed by atoms with E-state index in [4.69, 9.17) is 11.6 Å². The van der Waals surface area contributed by atoms with E-state index in [2.05, 4.69) is 44.4 Å². The Kier molecular flexibility index (Phi) is 5.85. The number of benzene rings is 1. The zero-order valence-corrected chi connectivity index (χ0v) is 16.0. The first-order valence-electron chi connectivity index (χ1n) is 9.61. The van der Waals surface area contributed by atoms with E-state index < -0.39 is 0 Å². The first-order chi connectivity index (χ1) is 12.8. The number of nitrogens with one attached hydrogen (secondary N) is 1. The monoisotopic (exact) mass is 370 g/mol. The van der Waals surface area contributed by atoms with Gasteiger partial charge in [0, 0.05) is 75.2 Å². The second-order valence-electron chi connectivity index (χ2n) is 7.42. The summed E-state index contributed by atoms with van der Waals surface area (Å²) in [6.07, 6.45) is 4.06. The highest BCUT2D eigenvalue weighted by Gasteiger charge is 2.21. The van der Waals surface area contributed by atoms with E-state index in [1.165, 1.54) is 16.8 Å². The molecule has 0 saturated carbocycles. The normalized spacial score (nSPS) is 21.5. The van der Waals surface area contributed by atoms with Crippen LogP contribution in [0.1, 0.15) is 16.8 Å². The van der Waals surface area contributed by atoms with Crippen molar-refractivity contribution < 1.29 is 0 Å². The van der Waals surface area contributed by atoms with Crippen LogP contribution in [0.5, 0.6) is 0 Å². The van der Waals surface area contributed by atoms with E-state index in [1.807, 2.05) is 18.3 Å². The van der Waals surface area contributed by atoms with Crippen LogP contribution in [0.15, 0.2) is 42.6 Å². The van der Waals surface area contributed by atoms with Crippen molar-refractivity contribution >= 4 is 11.6 Å². The molecule has 0 radical (unpaired) electrons. The zero-order valence-electron chi connectivity index (χ0n) is 15.2. The molecule has 1 atom stereocenters. The van der Waals surface area contributed by atoms with E-state index >= 15 is 0 Å². The van der Waals surface area contributed by atoms with Crippen LogP contribution in [0.2, 0.25) is 5.02 Å². The van der Waals surface area contributed by atoms with Crippen LogP contribution in [0.4, 0.5) is 0 Å². The lowest BCUT2D eigenvalue weighted by atomic mass is 10.0. The Labute approximate surface area is 161 Å². The Balaban J connectivity index is 1.26. The molecule has 1 N–H and O–H groups in total. The van der Waals surface area contributed by atoms with Crippen molar-refractivity contribution in [3.8, 4) is 0 Å². The zero-order chi connectivity index (χ0) is 17.8. The molecule has 26 heavy (non-hydrogen) atoms. The summed E-state index contributed by atoms with van der Waals surface area (Å²) in [4.78, 5) is 9.68. The SMILES string of the molecule is Clc1ccc(C[C@@H]2CN(CCN3CCc4ncccc4C3)CCN2)cc1. The van der Waals surface area contributed by atoms with Crippen LogP contribution in [0, 0.1) is 0 Å². The van der Waals surface area contributed by atoms with Gasteiger partial charge in [-0.15, -0.1) is 0 Å². The number of rotatable bonds is 5. The van der Waals surface area contributed by atoms with E-state index in [-0.39, 0.29) is 0 Å². The van der Waals surface area contributed by atoms with Crippen LogP contribution in [-0.2, 0) is 19.4 Å². The molecule has 0 bridgehead atoms. The molecule has 3 heterocycles. The lowest BCUT2D eigenvalue weighted by molar-refractivity contribution is 0.158. The topological polar surface area (TPSA) is 31.4 Å². The molecule has 0 aliphatic carbocycles. The summed E-state index contributed by atoms with van der Waals surface area (Å²) < 4.78 is 0. The number of hydrogen-bond donors (Lipinski definition) is 1. The third kappa shape index (κ3) is 4.63. The van der Waals surface area contributed by atoms with Gasteiger partial charge >= 0.3 is 0 Å². The van der Waals surface area contributed by atoms with Crippen molar-refractivity contribution in [1.82, 2.24) is 20.1 Å². The predicted molar refractivity (Wildman–Crippen MR) is 107 cm³/mol. The summed E-state index contributed by atoms with van der Waals surface area (Å²) in [7, 11) is 0. The molecule has 138 valence electrons. The van der Waals surface area contributed by atoms with Gasteiger partial charge in [-0.1, -0.05) is 29.8 Å². The Morgan fingerprint density at radius 2 is 1.92 bits per heavy atom. The Morgan fingerprint density at radius 1 is 1.08 bits per heavy atom. The molecule has 4 rings (SSSR count). The third-order valence-corrected chi connectivity index (χ3v) is 5.76. The molecule has 1 aromatic heterocycles. The lowest BCUT2D eigenvalue weighted by Crippen LogP contribution is -2.53. The number of nitrogens with zero attached hydrogens (tertiary/aromatic N) is 3. The fraction of sp³-hybridized carbons (Fsp3) is 0.476. The smallest absolute Gasteiger partial charge is 0.0461 e. The average Bonchev–Trinajstić information content (AvgIpc) is 2.68. The molecule has 5 heteroatoms. The molecule has 1 fully saturated rings. The van der Waals surface area contributed by atoms with E-state index in [9.17, 15) is 0 Å². The first-order valence-corrected chi connectivity index (χ1v) is 9.99. The van der Waals surface area contributed by atoms with Gasteiger partial charge in [0.25, 0.3) is 0 Å². The van der Waals surface area contributed by atoms with Gasteiger partial charge in [0.15, 0.2) is 0 Å². The van der Waals surface area contributed by atoms with Gasteiger partial charge in [0.05, 0.1) is 0 Å².